The van der Waals surface area contributed by atoms with Crippen molar-refractivity contribution in [2.75, 3.05) is 6.61 Å². The minimum absolute atomic E-state index is 0.0324. The van der Waals surface area contributed by atoms with Crippen LogP contribution >= 0.6 is 0 Å². The summed E-state index contributed by atoms with van der Waals surface area (Å²) < 4.78 is 159. The summed E-state index contributed by atoms with van der Waals surface area (Å²) in [5.74, 6) is 5.03. The lowest BCUT2D eigenvalue weighted by molar-refractivity contribution is -0.660. The minimum atomic E-state index is -2.11. The molecule has 10 heteroatoms. The molecule has 0 amide bonds. The predicted octanol–water partition coefficient (Wildman–Crippen LogP) is 25.0. The maximum Gasteiger partial charge on any atom is 0.216 e. The molecule has 5 aromatic heterocycles. The summed E-state index contributed by atoms with van der Waals surface area (Å²) in [6, 6.07) is 37.1. The van der Waals surface area contributed by atoms with Crippen molar-refractivity contribution in [2.45, 2.75) is 335 Å². The lowest BCUT2D eigenvalue weighted by atomic mass is 9.62. The molecule has 20 rings (SSSR count). The van der Waals surface area contributed by atoms with E-state index in [1.807, 2.05) is 102 Å². The third kappa shape index (κ3) is 17.3. The maximum atomic E-state index is 7.78. The molecule has 5 aliphatic carbocycles. The van der Waals surface area contributed by atoms with Gasteiger partial charge < -0.3 is 23.7 Å². The number of pyridine rings is 5. The van der Waals surface area contributed by atoms with E-state index in [1.165, 1.54) is 161 Å². The van der Waals surface area contributed by atoms with Crippen molar-refractivity contribution in [3.63, 3.8) is 0 Å². The number of benzene rings is 5. The molecule has 0 unspecified atom stereocenters. The van der Waals surface area contributed by atoms with Gasteiger partial charge in [-0.3, -0.25) is 0 Å². The van der Waals surface area contributed by atoms with Crippen LogP contribution in [-0.4, -0.2) is 29.0 Å². The topological polar surface area (TPSA) is 65.5 Å². The highest BCUT2D eigenvalue weighted by Gasteiger charge is 2.54. The van der Waals surface area contributed by atoms with Gasteiger partial charge in [-0.25, -0.2) is 22.8 Å². The van der Waals surface area contributed by atoms with Crippen LogP contribution in [0.25, 0.3) is 56.3 Å². The molecule has 0 bridgehead atoms. The van der Waals surface area contributed by atoms with Crippen molar-refractivity contribution in [1.29, 1.82) is 0 Å². The molecule has 0 saturated heterocycles. The second-order valence-corrected chi connectivity index (χ2v) is 40.3. The summed E-state index contributed by atoms with van der Waals surface area (Å²) in [6.07, 6.45) is 43.5. The number of fused-ring (bicyclic) bond motifs is 7. The summed E-state index contributed by atoms with van der Waals surface area (Å²) in [5.41, 5.74) is 26.4. The molecule has 10 nitrogen and oxygen atoms in total. The third-order valence-electron chi connectivity index (χ3n) is 29.8. The Kier molecular flexibility index (Phi) is 19.7. The first-order chi connectivity index (χ1) is 64.8. The van der Waals surface area contributed by atoms with Crippen LogP contribution in [0.5, 0.6) is 28.7 Å². The first-order valence-electron chi connectivity index (χ1n) is 53.9. The summed E-state index contributed by atoms with van der Waals surface area (Å²) in [4.78, 5) is 0. The molecule has 123 heavy (non-hydrogen) atoms. The first-order valence-corrected chi connectivity index (χ1v) is 46.4. The van der Waals surface area contributed by atoms with Crippen molar-refractivity contribution in [2.24, 2.45) is 35.2 Å². The van der Waals surface area contributed by atoms with Crippen molar-refractivity contribution in [3.05, 3.63) is 235 Å². The molecule has 5 saturated carbocycles. The second kappa shape index (κ2) is 34.7. The number of hydrogen-bond acceptors (Lipinski definition) is 5. The molecule has 5 fully saturated rings. The molecule has 648 valence electrons. The Morgan fingerprint density at radius 3 is 1.08 bits per heavy atom. The van der Waals surface area contributed by atoms with Gasteiger partial charge in [-0.2, -0.15) is 0 Å². The van der Waals surface area contributed by atoms with Gasteiger partial charge in [-0.15, -0.1) is 0 Å². The fourth-order valence-electron chi connectivity index (χ4n) is 23.8. The molecular weight excluding hydrogens is 1510 g/mol. The van der Waals surface area contributed by atoms with E-state index in [4.69, 9.17) is 44.2 Å². The van der Waals surface area contributed by atoms with Crippen LogP contribution < -0.4 is 46.5 Å². The minimum Gasteiger partial charge on any atom is -0.492 e. The average molecular weight is 1670 g/mol. The van der Waals surface area contributed by atoms with E-state index in [9.17, 15) is 0 Å². The zero-order valence-electron chi connectivity index (χ0n) is 91.8. The number of hydrogen-bond donors (Lipinski definition) is 0. The van der Waals surface area contributed by atoms with E-state index in [0.29, 0.717) is 34.4 Å². The van der Waals surface area contributed by atoms with Gasteiger partial charge in [0.1, 0.15) is 86.4 Å². The van der Waals surface area contributed by atoms with Gasteiger partial charge in [0.15, 0.2) is 31.0 Å². The third-order valence-corrected chi connectivity index (χ3v) is 29.8. The molecule has 10 aliphatic rings. The Bertz CT molecular complexity index is 6260. The molecule has 0 N–H and O–H groups in total. The van der Waals surface area contributed by atoms with Crippen molar-refractivity contribution >= 4 is 0 Å². The van der Waals surface area contributed by atoms with Crippen LogP contribution in [0.3, 0.4) is 0 Å². The van der Waals surface area contributed by atoms with Crippen LogP contribution in [0.2, 0.25) is 0 Å². The van der Waals surface area contributed by atoms with Crippen LogP contribution in [0.15, 0.2) is 140 Å². The second-order valence-electron chi connectivity index (χ2n) is 40.3. The van der Waals surface area contributed by atoms with Crippen LogP contribution in [0, 0.1) is 82.7 Å². The van der Waals surface area contributed by atoms with Crippen molar-refractivity contribution in [1.82, 2.24) is 0 Å². The van der Waals surface area contributed by atoms with Crippen LogP contribution in [-0.2, 0) is 64.3 Å². The number of nitrogens with zero attached hydrogens (tertiary/aromatic N) is 5. The first kappa shape index (κ1) is 70.1. The Balaban J connectivity index is 0.000000125. The van der Waals surface area contributed by atoms with E-state index < -0.39 is 34.3 Å². The lowest BCUT2D eigenvalue weighted by Gasteiger charge is -2.50. The zero-order chi connectivity index (χ0) is 99.4. The van der Waals surface area contributed by atoms with Gasteiger partial charge in [0.2, 0.25) is 28.5 Å². The highest BCUT2D eigenvalue weighted by molar-refractivity contribution is 5.77. The Morgan fingerprint density at radius 2 is 0.642 bits per heavy atom. The highest BCUT2D eigenvalue weighted by atomic mass is 16.5. The Hall–Kier alpha value is -9.15. The standard InChI is InChI=1S/C26H34NO.2C24H32NO.C22H28NO.C17H20NO/c1-19-9-12-22(27(3)17-19)23-20(2)10-11-21-24(23)28-26(15-5-4-6-16-26)18-25(21)13-7-8-14-25;1-17-9-12-20(25(5)15-17)21-18(2)10-11-19-22(21)26-23(3,4)16-24(19)13-7-6-8-14-24;1-17-9-12-20(25(5)15-17)21-18(2)10-11-19-22(21)26-24(16-23(19,3)4)13-7-6-8-14-24;1-15-8-9-18-13-22(10-6-5-7-11-22)24-21(18)20(15)19-12-16(2)17(3)14-23(19)4;1-11-5-6-14-7-8-19-17(14)16(11)15-9-12(2)13(3)10-18(15)4/h9-12,17H,4-8,13-16,18H2,1-3H3;2*9-12,15H,6-8,13-14,16H2,1-5H3;8-9,12,14H,5-7,10-11,13H2,1-4H3;5-6,9-10H,7-8H2,1-4H3/q5*+1/i3*1D3;2*3D3. The van der Waals surface area contributed by atoms with E-state index in [1.54, 1.807) is 49.2 Å². The molecular formula is C113H146N5O5+5. The van der Waals surface area contributed by atoms with E-state index >= 15 is 0 Å². The maximum absolute atomic E-state index is 7.78. The van der Waals surface area contributed by atoms with Gasteiger partial charge in [0, 0.05) is 119 Å². The zero-order valence-corrected chi connectivity index (χ0v) is 76.8. The van der Waals surface area contributed by atoms with E-state index in [-0.39, 0.29) is 38.6 Å². The normalized spacial score (nSPS) is 21.7. The van der Waals surface area contributed by atoms with E-state index in [0.717, 1.165) is 177 Å². The molecule has 5 aliphatic heterocycles. The number of aromatic nitrogens is 5. The predicted molar refractivity (Wildman–Crippen MR) is 501 cm³/mol. The molecule has 0 atom stereocenters. The van der Waals surface area contributed by atoms with Gasteiger partial charge >= 0.3 is 0 Å². The van der Waals surface area contributed by atoms with Crippen molar-refractivity contribution in [3.8, 4) is 85.0 Å². The lowest BCUT2D eigenvalue weighted by Crippen LogP contribution is -2.48. The summed E-state index contributed by atoms with van der Waals surface area (Å²) >= 11 is 0. The van der Waals surface area contributed by atoms with Crippen LogP contribution in [0.4, 0.5) is 0 Å². The highest BCUT2D eigenvalue weighted by Crippen LogP contribution is 2.61. The summed E-state index contributed by atoms with van der Waals surface area (Å²) in [6.45, 7) is 13.6. The fourth-order valence-corrected chi connectivity index (χ4v) is 23.8. The molecule has 0 radical (unpaired) electrons. The smallest absolute Gasteiger partial charge is 0.216 e. The molecule has 10 aromatic rings. The molecule has 10 heterocycles. The largest absolute Gasteiger partial charge is 0.492 e. The van der Waals surface area contributed by atoms with Gasteiger partial charge in [0.25, 0.3) is 0 Å². The van der Waals surface area contributed by atoms with E-state index in [2.05, 4.69) is 123 Å². The quantitative estimate of drug-likeness (QED) is 0.161. The van der Waals surface area contributed by atoms with Gasteiger partial charge in [-0.05, 0) is 292 Å². The summed E-state index contributed by atoms with van der Waals surface area (Å²) in [7, 11) is 9.61. The monoisotopic (exact) mass is 1670 g/mol. The van der Waals surface area contributed by atoms with Gasteiger partial charge in [-0.1, -0.05) is 126 Å². The molecule has 5 spiro atoms. The fraction of sp³-hybridized carbons (Fsp3) is 0.513. The van der Waals surface area contributed by atoms with Crippen LogP contribution in [0.1, 0.15) is 316 Å². The SMILES string of the molecule is [2H]C([2H])([2H])c1c[n+](C)c(-c2c(C)ccc3c2OC2(CCCCC2)C3)cc1C.[2H]C([2H])([2H])c1c[n+](C)c(-c2c(C)ccc3c2OCC3)cc1C.[2H]C([2H])([2H])c1ccc(-c2c(C)ccc3c2OC(C)(C)CC32CCCCC2)[n+](C)c1.[2H]C([2H])([2H])c1ccc(-c2c(C)ccc3c2OC2(CCCCC2)CC3(C)C)[n+](C)c1.[2H]C([2H])([2H])c1ccc(-c2c(C)ccc3c2OC2(CCCCC2)CC32CCCC2)[n+](C)c1. The number of aryl methyl sites for hydroxylation is 17. The van der Waals surface area contributed by atoms with Crippen molar-refractivity contribution < 1.29 is 67.1 Å². The summed E-state index contributed by atoms with van der Waals surface area (Å²) in [5, 5.41) is 0. The number of ether oxygens (including phenoxy) is 5. The Morgan fingerprint density at radius 1 is 0.293 bits per heavy atom. The number of rotatable bonds is 5. The van der Waals surface area contributed by atoms with Gasteiger partial charge in [0.05, 0.1) is 34.4 Å². The Labute approximate surface area is 760 Å². The average Bonchev–Trinajstić information content (AvgIpc) is 1.24. The molecule has 5 aromatic carbocycles.